The first-order chi connectivity index (χ1) is 7.40. The van der Waals surface area contributed by atoms with Gasteiger partial charge >= 0.3 is 12.1 Å². The molecule has 0 saturated carbocycles. The van der Waals surface area contributed by atoms with Crippen LogP contribution in [0.2, 0.25) is 0 Å². The topological polar surface area (TPSA) is 26.3 Å². The Bertz CT molecular complexity index is 402. The zero-order valence-electron chi connectivity index (χ0n) is 8.59. The number of alkyl halides is 3. The van der Waals surface area contributed by atoms with Gasteiger partial charge < -0.3 is 4.74 Å². The molecule has 0 radical (unpaired) electrons. The Balaban J connectivity index is 3.27. The van der Waals surface area contributed by atoms with Crippen LogP contribution in [0.15, 0.2) is 23.1 Å². The lowest BCUT2D eigenvalue weighted by atomic mass is 10.1. The third-order valence-electron chi connectivity index (χ3n) is 1.93. The van der Waals surface area contributed by atoms with Crippen LogP contribution in [0, 0.1) is 0 Å². The largest absolute Gasteiger partial charge is 0.465 e. The number of benzene rings is 1. The second-order valence-corrected chi connectivity index (χ2v) is 3.75. The minimum atomic E-state index is -4.47. The summed E-state index contributed by atoms with van der Waals surface area (Å²) in [7, 11) is 1.12. The molecule has 0 unspecified atom stereocenters. The maximum Gasteiger partial charge on any atom is 0.417 e. The Morgan fingerprint density at radius 2 is 2.00 bits per heavy atom. The van der Waals surface area contributed by atoms with E-state index < -0.39 is 17.7 Å². The zero-order chi connectivity index (χ0) is 12.3. The van der Waals surface area contributed by atoms with E-state index in [-0.39, 0.29) is 10.5 Å². The van der Waals surface area contributed by atoms with Gasteiger partial charge in [-0.1, -0.05) is 0 Å². The summed E-state index contributed by atoms with van der Waals surface area (Å²) in [5.41, 5.74) is -0.921. The fraction of sp³-hybridized carbons (Fsp3) is 0.300. The predicted molar refractivity (Wildman–Crippen MR) is 54.6 cm³/mol. The van der Waals surface area contributed by atoms with Crippen LogP contribution in [0.25, 0.3) is 0 Å². The maximum atomic E-state index is 12.6. The molecule has 0 spiro atoms. The first kappa shape index (κ1) is 12.9. The summed E-state index contributed by atoms with van der Waals surface area (Å²) in [5.74, 6) is -0.779. The van der Waals surface area contributed by atoms with Crippen molar-refractivity contribution in [2.24, 2.45) is 0 Å². The molecule has 16 heavy (non-hydrogen) atoms. The molecule has 1 aromatic rings. The molecule has 0 bridgehead atoms. The van der Waals surface area contributed by atoms with Crippen molar-refractivity contribution in [2.45, 2.75) is 11.1 Å². The molecule has 0 aliphatic carbocycles. The van der Waals surface area contributed by atoms with Crippen LogP contribution in [-0.4, -0.2) is 19.3 Å². The molecule has 0 aromatic heterocycles. The molecule has 0 aliphatic rings. The Morgan fingerprint density at radius 1 is 1.38 bits per heavy atom. The normalized spacial score (nSPS) is 11.3. The van der Waals surface area contributed by atoms with Crippen molar-refractivity contribution >= 4 is 17.7 Å². The Hall–Kier alpha value is -1.17. The van der Waals surface area contributed by atoms with E-state index in [0.29, 0.717) is 0 Å². The molecule has 0 saturated heterocycles. The number of carbonyl (C=O) groups is 1. The summed E-state index contributed by atoms with van der Waals surface area (Å²) in [6, 6.07) is 3.38. The molecule has 6 heteroatoms. The van der Waals surface area contributed by atoms with Gasteiger partial charge in [0.05, 0.1) is 18.2 Å². The molecular weight excluding hydrogens is 241 g/mol. The first-order valence-electron chi connectivity index (χ1n) is 4.23. The van der Waals surface area contributed by atoms with Crippen molar-refractivity contribution in [1.29, 1.82) is 0 Å². The summed E-state index contributed by atoms with van der Waals surface area (Å²) in [4.78, 5) is 11.2. The molecule has 1 aromatic carbocycles. The predicted octanol–water partition coefficient (Wildman–Crippen LogP) is 3.21. The van der Waals surface area contributed by atoms with Crippen LogP contribution in [0.3, 0.4) is 0 Å². The van der Waals surface area contributed by atoms with E-state index in [2.05, 4.69) is 4.74 Å². The van der Waals surface area contributed by atoms with Crippen molar-refractivity contribution in [1.82, 2.24) is 0 Å². The number of methoxy groups -OCH3 is 1. The van der Waals surface area contributed by atoms with Gasteiger partial charge in [-0.2, -0.15) is 13.2 Å². The molecule has 1 rings (SSSR count). The van der Waals surface area contributed by atoms with Crippen LogP contribution in [0.1, 0.15) is 15.9 Å². The standard InChI is InChI=1S/C10H9F3O2S/c1-15-9(14)6-3-4-8(16-2)7(5-6)10(11,12)13/h3-5H,1-2H3. The average Bonchev–Trinajstić information content (AvgIpc) is 2.26. The van der Waals surface area contributed by atoms with E-state index in [1.165, 1.54) is 12.1 Å². The SMILES string of the molecule is COC(=O)c1ccc(SC)c(C(F)(F)F)c1. The monoisotopic (exact) mass is 250 g/mol. The lowest BCUT2D eigenvalue weighted by molar-refractivity contribution is -0.139. The minimum absolute atomic E-state index is 0.0835. The molecule has 0 atom stereocenters. The van der Waals surface area contributed by atoms with E-state index in [9.17, 15) is 18.0 Å². The smallest absolute Gasteiger partial charge is 0.417 e. The van der Waals surface area contributed by atoms with Crippen molar-refractivity contribution in [3.05, 3.63) is 29.3 Å². The highest BCUT2D eigenvalue weighted by Gasteiger charge is 2.34. The van der Waals surface area contributed by atoms with Gasteiger partial charge in [-0.05, 0) is 24.5 Å². The number of esters is 1. The van der Waals surface area contributed by atoms with Gasteiger partial charge in [0.25, 0.3) is 0 Å². The molecule has 0 aliphatic heterocycles. The van der Waals surface area contributed by atoms with Crippen LogP contribution in [0.5, 0.6) is 0 Å². The molecule has 0 heterocycles. The van der Waals surface area contributed by atoms with Gasteiger partial charge in [-0.25, -0.2) is 4.79 Å². The fourth-order valence-electron chi connectivity index (χ4n) is 1.17. The third-order valence-corrected chi connectivity index (χ3v) is 2.72. The number of hydrogen-bond donors (Lipinski definition) is 0. The van der Waals surface area contributed by atoms with Crippen LogP contribution >= 0.6 is 11.8 Å². The van der Waals surface area contributed by atoms with Crippen LogP contribution < -0.4 is 0 Å². The molecular formula is C10H9F3O2S. The van der Waals surface area contributed by atoms with Gasteiger partial charge in [-0.15, -0.1) is 11.8 Å². The van der Waals surface area contributed by atoms with Crippen LogP contribution in [0.4, 0.5) is 13.2 Å². The molecule has 0 N–H and O–H groups in total. The van der Waals surface area contributed by atoms with E-state index in [0.717, 1.165) is 24.9 Å². The van der Waals surface area contributed by atoms with Crippen molar-refractivity contribution in [2.75, 3.05) is 13.4 Å². The summed E-state index contributed by atoms with van der Waals surface area (Å²) in [6.07, 6.45) is -2.93. The number of hydrogen-bond acceptors (Lipinski definition) is 3. The van der Waals surface area contributed by atoms with Gasteiger partial charge in [0, 0.05) is 4.90 Å². The van der Waals surface area contributed by atoms with Crippen molar-refractivity contribution in [3.63, 3.8) is 0 Å². The highest BCUT2D eigenvalue weighted by molar-refractivity contribution is 7.98. The second-order valence-electron chi connectivity index (χ2n) is 2.90. The zero-order valence-corrected chi connectivity index (χ0v) is 9.41. The van der Waals surface area contributed by atoms with Crippen molar-refractivity contribution in [3.8, 4) is 0 Å². The number of ether oxygens (including phenoxy) is 1. The Kier molecular flexibility index (Phi) is 3.85. The lowest BCUT2D eigenvalue weighted by Gasteiger charge is -2.12. The molecule has 88 valence electrons. The average molecular weight is 250 g/mol. The Morgan fingerprint density at radius 3 is 2.44 bits per heavy atom. The van der Waals surface area contributed by atoms with Gasteiger partial charge in [0.15, 0.2) is 0 Å². The van der Waals surface area contributed by atoms with Crippen LogP contribution in [-0.2, 0) is 10.9 Å². The Labute approximate surface area is 94.8 Å². The summed E-state index contributed by atoms with van der Waals surface area (Å²) in [6.45, 7) is 0. The van der Waals surface area contributed by atoms with E-state index in [1.54, 1.807) is 6.26 Å². The highest BCUT2D eigenvalue weighted by Crippen LogP contribution is 2.36. The summed E-state index contributed by atoms with van der Waals surface area (Å²) < 4.78 is 42.2. The number of carbonyl (C=O) groups excluding carboxylic acids is 1. The van der Waals surface area contributed by atoms with Gasteiger partial charge in [0.1, 0.15) is 0 Å². The quantitative estimate of drug-likeness (QED) is 0.595. The minimum Gasteiger partial charge on any atom is -0.465 e. The first-order valence-corrected chi connectivity index (χ1v) is 5.46. The lowest BCUT2D eigenvalue weighted by Crippen LogP contribution is -2.10. The van der Waals surface area contributed by atoms with Gasteiger partial charge in [-0.3, -0.25) is 0 Å². The fourth-order valence-corrected chi connectivity index (χ4v) is 1.77. The van der Waals surface area contributed by atoms with Crippen molar-refractivity contribution < 1.29 is 22.7 Å². The molecule has 2 nitrogen and oxygen atoms in total. The molecule has 0 fully saturated rings. The number of thioether (sulfide) groups is 1. The highest BCUT2D eigenvalue weighted by atomic mass is 32.2. The summed E-state index contributed by atoms with van der Waals surface area (Å²) >= 11 is 0.978. The van der Waals surface area contributed by atoms with E-state index >= 15 is 0 Å². The maximum absolute atomic E-state index is 12.6. The second kappa shape index (κ2) is 4.78. The molecule has 0 amide bonds. The number of halogens is 3. The van der Waals surface area contributed by atoms with Gasteiger partial charge in [0.2, 0.25) is 0 Å². The third kappa shape index (κ3) is 2.69. The van der Waals surface area contributed by atoms with E-state index in [4.69, 9.17) is 0 Å². The number of rotatable bonds is 2. The summed E-state index contributed by atoms with van der Waals surface area (Å²) in [5, 5.41) is 0. The van der Waals surface area contributed by atoms with E-state index in [1.807, 2.05) is 0 Å².